The topological polar surface area (TPSA) is 123 Å². The molecule has 0 spiro atoms. The molecular formula is C17H10NO6-. The van der Waals surface area contributed by atoms with E-state index in [9.17, 15) is 19.8 Å². The highest BCUT2D eigenvalue weighted by Crippen LogP contribution is 2.25. The Morgan fingerprint density at radius 2 is 1.96 bits per heavy atom. The Hall–Kier alpha value is -3.61. The highest BCUT2D eigenvalue weighted by molar-refractivity contribution is 5.95. The van der Waals surface area contributed by atoms with E-state index < -0.39 is 23.1 Å². The zero-order chi connectivity index (χ0) is 17.3. The lowest BCUT2D eigenvalue weighted by atomic mass is 10.1. The van der Waals surface area contributed by atoms with Crippen LogP contribution in [0.5, 0.6) is 11.5 Å². The number of fused-ring (bicyclic) bond motifs is 1. The Bertz CT molecular complexity index is 1030. The van der Waals surface area contributed by atoms with Gasteiger partial charge in [-0.2, -0.15) is 0 Å². The molecule has 0 atom stereocenters. The summed E-state index contributed by atoms with van der Waals surface area (Å²) in [4.78, 5) is 26.8. The van der Waals surface area contributed by atoms with Crippen LogP contribution in [0.3, 0.4) is 0 Å². The van der Waals surface area contributed by atoms with E-state index >= 15 is 0 Å². The van der Waals surface area contributed by atoms with Crippen LogP contribution in [-0.4, -0.2) is 22.4 Å². The maximum Gasteiger partial charge on any atom is 0.344 e. The predicted molar refractivity (Wildman–Crippen MR) is 84.3 cm³/mol. The van der Waals surface area contributed by atoms with Crippen LogP contribution in [-0.2, 0) is 0 Å². The van der Waals surface area contributed by atoms with Crippen LogP contribution in [0.25, 0.3) is 11.0 Å². The highest BCUT2D eigenvalue weighted by Gasteiger charge is 2.10. The number of phenols is 1. The molecule has 0 aliphatic carbocycles. The van der Waals surface area contributed by atoms with Crippen LogP contribution in [0.4, 0.5) is 5.69 Å². The van der Waals surface area contributed by atoms with Crippen LogP contribution in [0.15, 0.2) is 56.7 Å². The van der Waals surface area contributed by atoms with Gasteiger partial charge in [-0.3, -0.25) is 4.99 Å². The Morgan fingerprint density at radius 1 is 1.21 bits per heavy atom. The average molecular weight is 324 g/mol. The highest BCUT2D eigenvalue weighted by atomic mass is 16.4. The summed E-state index contributed by atoms with van der Waals surface area (Å²) in [5.74, 6) is -2.25. The third-order valence-electron chi connectivity index (χ3n) is 3.35. The van der Waals surface area contributed by atoms with Crippen LogP contribution >= 0.6 is 0 Å². The number of nitrogens with zero attached hydrogens (tertiary/aromatic N) is 1. The number of aromatic carboxylic acids is 1. The van der Waals surface area contributed by atoms with Crippen molar-refractivity contribution in [2.75, 3.05) is 0 Å². The minimum atomic E-state index is -1.32. The normalized spacial score (nSPS) is 11.2. The molecule has 0 unspecified atom stereocenters. The van der Waals surface area contributed by atoms with Gasteiger partial charge in [0.15, 0.2) is 0 Å². The van der Waals surface area contributed by atoms with Gasteiger partial charge in [-0.1, -0.05) is 23.9 Å². The van der Waals surface area contributed by atoms with E-state index in [0.29, 0.717) is 0 Å². The first-order valence-corrected chi connectivity index (χ1v) is 6.80. The van der Waals surface area contributed by atoms with Gasteiger partial charge in [-0.25, -0.2) is 9.59 Å². The number of carboxylic acids is 1. The van der Waals surface area contributed by atoms with Crippen molar-refractivity contribution >= 4 is 28.8 Å². The van der Waals surface area contributed by atoms with E-state index in [4.69, 9.17) is 9.52 Å². The number of carboxylic acid groups (broad SMARTS) is 1. The van der Waals surface area contributed by atoms with E-state index in [-0.39, 0.29) is 27.8 Å². The molecule has 0 bridgehead atoms. The van der Waals surface area contributed by atoms with Crippen LogP contribution in [0, 0.1) is 0 Å². The molecule has 0 saturated heterocycles. The summed E-state index contributed by atoms with van der Waals surface area (Å²) >= 11 is 0. The molecule has 0 radical (unpaired) electrons. The molecule has 2 aromatic carbocycles. The number of hydrogen-bond acceptors (Lipinski definition) is 6. The molecule has 120 valence electrons. The van der Waals surface area contributed by atoms with Gasteiger partial charge in [-0.05, 0) is 24.3 Å². The Morgan fingerprint density at radius 3 is 2.71 bits per heavy atom. The summed E-state index contributed by atoms with van der Waals surface area (Å²) in [6.45, 7) is 0. The van der Waals surface area contributed by atoms with E-state index in [1.165, 1.54) is 18.2 Å². The first-order chi connectivity index (χ1) is 11.5. The predicted octanol–water partition coefficient (Wildman–Crippen LogP) is 2.02. The van der Waals surface area contributed by atoms with Gasteiger partial charge in [-0.15, -0.1) is 0 Å². The molecular weight excluding hydrogens is 314 g/mol. The van der Waals surface area contributed by atoms with Crippen molar-refractivity contribution in [2.45, 2.75) is 0 Å². The molecule has 3 rings (SSSR count). The summed E-state index contributed by atoms with van der Waals surface area (Å²) < 4.78 is 5.06. The quantitative estimate of drug-likeness (QED) is 0.561. The van der Waals surface area contributed by atoms with Gasteiger partial charge in [0.2, 0.25) is 0 Å². The number of benzene rings is 2. The lowest BCUT2D eigenvalue weighted by Crippen LogP contribution is -2.11. The molecule has 0 saturated carbocycles. The minimum Gasteiger partial charge on any atom is -0.871 e. The fraction of sp³-hybridized carbons (Fsp3) is 0. The van der Waals surface area contributed by atoms with Crippen molar-refractivity contribution in [3.05, 3.63) is 64.0 Å². The number of carbonyl (C=O) groups is 1. The molecule has 1 aromatic heterocycles. The number of rotatable bonds is 3. The van der Waals surface area contributed by atoms with Gasteiger partial charge in [0.25, 0.3) is 0 Å². The van der Waals surface area contributed by atoms with E-state index in [1.54, 1.807) is 12.1 Å². The Balaban J connectivity index is 2.07. The van der Waals surface area contributed by atoms with E-state index in [0.717, 1.165) is 18.3 Å². The molecule has 3 aromatic rings. The average Bonchev–Trinajstić information content (AvgIpc) is 2.55. The third-order valence-corrected chi connectivity index (χ3v) is 3.35. The lowest BCUT2D eigenvalue weighted by Gasteiger charge is -2.11. The maximum absolute atomic E-state index is 12.3. The van der Waals surface area contributed by atoms with Gasteiger partial charge in [0.1, 0.15) is 16.9 Å². The van der Waals surface area contributed by atoms with Gasteiger partial charge >= 0.3 is 11.6 Å². The van der Waals surface area contributed by atoms with Crippen molar-refractivity contribution in [3.8, 4) is 11.5 Å². The molecule has 0 amide bonds. The third kappa shape index (κ3) is 2.70. The minimum absolute atomic E-state index is 0.164. The van der Waals surface area contributed by atoms with Crippen molar-refractivity contribution < 1.29 is 24.5 Å². The SMILES string of the molecule is O=C(O)c1cc(N=Cc2c([O-])c3ccccc3oc2=O)ccc1O. The standard InChI is InChI=1S/C17H11NO6/c19-13-6-5-9(7-11(13)16(21)22)18-8-12-15(20)10-3-1-2-4-14(10)24-17(12)23/h1-8,19-20H,(H,21,22)/p-1. The lowest BCUT2D eigenvalue weighted by molar-refractivity contribution is -0.266. The Labute approximate surface area is 134 Å². The molecule has 7 nitrogen and oxygen atoms in total. The second-order valence-electron chi connectivity index (χ2n) is 4.89. The first-order valence-electron chi connectivity index (χ1n) is 6.80. The molecule has 2 N–H and O–H groups in total. The first kappa shape index (κ1) is 15.3. The largest absolute Gasteiger partial charge is 0.871 e. The molecule has 0 aliphatic heterocycles. The molecule has 7 heteroatoms. The monoisotopic (exact) mass is 324 g/mol. The van der Waals surface area contributed by atoms with Crippen molar-refractivity contribution in [1.82, 2.24) is 0 Å². The fourth-order valence-electron chi connectivity index (χ4n) is 2.16. The summed E-state index contributed by atoms with van der Waals surface area (Å²) in [5, 5.41) is 31.0. The number of aliphatic imine (C=N–C) groups is 1. The summed E-state index contributed by atoms with van der Waals surface area (Å²) in [6.07, 6.45) is 1.03. The summed E-state index contributed by atoms with van der Waals surface area (Å²) in [5.41, 5.74) is -1.09. The maximum atomic E-state index is 12.3. The number of aromatic hydroxyl groups is 1. The van der Waals surface area contributed by atoms with Crippen LogP contribution < -0.4 is 10.7 Å². The van der Waals surface area contributed by atoms with Crippen LogP contribution in [0.1, 0.15) is 15.9 Å². The van der Waals surface area contributed by atoms with Crippen molar-refractivity contribution in [1.29, 1.82) is 0 Å². The molecule has 1 heterocycles. The van der Waals surface area contributed by atoms with Gasteiger partial charge in [0, 0.05) is 11.6 Å². The summed E-state index contributed by atoms with van der Waals surface area (Å²) in [7, 11) is 0. The van der Waals surface area contributed by atoms with Crippen LogP contribution in [0.2, 0.25) is 0 Å². The molecule has 0 fully saturated rings. The number of para-hydroxylation sites is 1. The molecule has 0 aliphatic rings. The zero-order valence-electron chi connectivity index (χ0n) is 12.1. The van der Waals surface area contributed by atoms with E-state index in [2.05, 4.69) is 4.99 Å². The second-order valence-corrected chi connectivity index (χ2v) is 4.89. The molecule has 24 heavy (non-hydrogen) atoms. The van der Waals surface area contributed by atoms with Crippen molar-refractivity contribution in [3.63, 3.8) is 0 Å². The van der Waals surface area contributed by atoms with Crippen molar-refractivity contribution in [2.24, 2.45) is 4.99 Å². The fourth-order valence-corrected chi connectivity index (χ4v) is 2.16. The smallest absolute Gasteiger partial charge is 0.344 e. The Kier molecular flexibility index (Phi) is 3.75. The van der Waals surface area contributed by atoms with Gasteiger partial charge < -0.3 is 19.7 Å². The van der Waals surface area contributed by atoms with Gasteiger partial charge in [0.05, 0.1) is 11.3 Å². The summed E-state index contributed by atoms with van der Waals surface area (Å²) in [6, 6.07) is 9.97. The number of hydrogen-bond donors (Lipinski definition) is 2. The van der Waals surface area contributed by atoms with E-state index in [1.807, 2.05) is 0 Å². The second kappa shape index (κ2) is 5.88. The zero-order valence-corrected chi connectivity index (χ0v) is 12.1.